The summed E-state index contributed by atoms with van der Waals surface area (Å²) in [6.45, 7) is 7.02. The molecule has 3 heteroatoms. The van der Waals surface area contributed by atoms with E-state index in [-0.39, 0.29) is 0 Å². The van der Waals surface area contributed by atoms with E-state index in [4.69, 9.17) is 9.47 Å². The standard InChI is InChI=1S/C12H25BrO2/c1-11(2)10-12(13)6-4-8-15-9-5-7-14-3/h11-12H,4-10H2,1-3H3. The third kappa shape index (κ3) is 12.3. The van der Waals surface area contributed by atoms with Gasteiger partial charge in [0, 0.05) is 31.8 Å². The van der Waals surface area contributed by atoms with Crippen molar-refractivity contribution in [3.63, 3.8) is 0 Å². The van der Waals surface area contributed by atoms with Crippen LogP contribution in [0, 0.1) is 5.92 Å². The largest absolute Gasteiger partial charge is 0.385 e. The Hall–Kier alpha value is 0.400. The van der Waals surface area contributed by atoms with Gasteiger partial charge in [0.15, 0.2) is 0 Å². The molecule has 0 fully saturated rings. The van der Waals surface area contributed by atoms with Crippen LogP contribution >= 0.6 is 15.9 Å². The van der Waals surface area contributed by atoms with Crippen molar-refractivity contribution in [3.8, 4) is 0 Å². The molecule has 0 saturated carbocycles. The molecule has 0 saturated heterocycles. The summed E-state index contributed by atoms with van der Waals surface area (Å²) < 4.78 is 10.4. The summed E-state index contributed by atoms with van der Waals surface area (Å²) in [5.74, 6) is 0.775. The van der Waals surface area contributed by atoms with Crippen molar-refractivity contribution < 1.29 is 9.47 Å². The maximum atomic E-state index is 5.49. The number of hydrogen-bond acceptors (Lipinski definition) is 2. The third-order valence-electron chi connectivity index (χ3n) is 2.17. The molecule has 2 nitrogen and oxygen atoms in total. The van der Waals surface area contributed by atoms with Crippen molar-refractivity contribution in [1.29, 1.82) is 0 Å². The van der Waals surface area contributed by atoms with E-state index in [1.54, 1.807) is 7.11 Å². The molecule has 0 spiro atoms. The highest BCUT2D eigenvalue weighted by Crippen LogP contribution is 2.17. The van der Waals surface area contributed by atoms with Gasteiger partial charge >= 0.3 is 0 Å². The maximum absolute atomic E-state index is 5.49. The highest BCUT2D eigenvalue weighted by Gasteiger charge is 2.05. The molecule has 0 aliphatic carbocycles. The van der Waals surface area contributed by atoms with Gasteiger partial charge in [-0.1, -0.05) is 29.8 Å². The number of halogens is 1. The van der Waals surface area contributed by atoms with Crippen LogP contribution in [0.3, 0.4) is 0 Å². The molecular weight excluding hydrogens is 256 g/mol. The number of rotatable bonds is 10. The first-order valence-corrected chi connectivity index (χ1v) is 6.79. The van der Waals surface area contributed by atoms with Crippen LogP contribution in [0.15, 0.2) is 0 Å². The lowest BCUT2D eigenvalue weighted by Crippen LogP contribution is -2.06. The fourth-order valence-corrected chi connectivity index (χ4v) is 2.52. The minimum Gasteiger partial charge on any atom is -0.385 e. The zero-order valence-electron chi connectivity index (χ0n) is 10.3. The van der Waals surface area contributed by atoms with Crippen molar-refractivity contribution in [2.45, 2.75) is 44.4 Å². The van der Waals surface area contributed by atoms with Crippen LogP contribution in [0.1, 0.15) is 39.5 Å². The monoisotopic (exact) mass is 280 g/mol. The highest BCUT2D eigenvalue weighted by atomic mass is 79.9. The van der Waals surface area contributed by atoms with Crippen molar-refractivity contribution in [2.24, 2.45) is 5.92 Å². The Kier molecular flexibility index (Phi) is 11.2. The zero-order valence-corrected chi connectivity index (χ0v) is 11.9. The van der Waals surface area contributed by atoms with Gasteiger partial charge in [0.2, 0.25) is 0 Å². The molecule has 0 rings (SSSR count). The van der Waals surface area contributed by atoms with E-state index in [1.165, 1.54) is 12.8 Å². The summed E-state index contributed by atoms with van der Waals surface area (Å²) in [6.07, 6.45) is 4.61. The number of ether oxygens (including phenoxy) is 2. The Balaban J connectivity index is 3.09. The Morgan fingerprint density at radius 3 is 2.33 bits per heavy atom. The highest BCUT2D eigenvalue weighted by molar-refractivity contribution is 9.09. The van der Waals surface area contributed by atoms with Crippen LogP contribution in [0.2, 0.25) is 0 Å². The molecule has 0 aromatic carbocycles. The molecule has 15 heavy (non-hydrogen) atoms. The molecule has 0 radical (unpaired) electrons. The molecule has 0 aliphatic heterocycles. The second kappa shape index (κ2) is 10.9. The quantitative estimate of drug-likeness (QED) is 0.449. The Bertz CT molecular complexity index is 129. The predicted octanol–water partition coefficient (Wildman–Crippen LogP) is 3.63. The lowest BCUT2D eigenvalue weighted by molar-refractivity contribution is 0.100. The molecule has 0 N–H and O–H groups in total. The topological polar surface area (TPSA) is 18.5 Å². The summed E-state index contributed by atoms with van der Waals surface area (Å²) >= 11 is 3.70. The molecule has 0 heterocycles. The summed E-state index contributed by atoms with van der Waals surface area (Å²) in [5, 5.41) is 0. The van der Waals surface area contributed by atoms with Crippen molar-refractivity contribution in [1.82, 2.24) is 0 Å². The van der Waals surface area contributed by atoms with Gasteiger partial charge < -0.3 is 9.47 Å². The van der Waals surface area contributed by atoms with Crippen molar-refractivity contribution in [2.75, 3.05) is 26.9 Å². The molecule has 0 bridgehead atoms. The zero-order chi connectivity index (χ0) is 11.5. The lowest BCUT2D eigenvalue weighted by Gasteiger charge is -2.12. The van der Waals surface area contributed by atoms with Gasteiger partial charge in [-0.3, -0.25) is 0 Å². The van der Waals surface area contributed by atoms with Gasteiger partial charge in [0.1, 0.15) is 0 Å². The van der Waals surface area contributed by atoms with Gasteiger partial charge in [-0.2, -0.15) is 0 Å². The van der Waals surface area contributed by atoms with Crippen LogP contribution in [0.5, 0.6) is 0 Å². The van der Waals surface area contributed by atoms with Crippen LogP contribution < -0.4 is 0 Å². The Morgan fingerprint density at radius 2 is 1.73 bits per heavy atom. The first-order valence-electron chi connectivity index (χ1n) is 5.87. The SMILES string of the molecule is COCCCOCCCC(Br)CC(C)C. The van der Waals surface area contributed by atoms with Crippen molar-refractivity contribution >= 4 is 15.9 Å². The van der Waals surface area contributed by atoms with E-state index in [2.05, 4.69) is 29.8 Å². The Labute approximate surface area is 103 Å². The van der Waals surface area contributed by atoms with Gasteiger partial charge in [-0.15, -0.1) is 0 Å². The Morgan fingerprint density at radius 1 is 1.07 bits per heavy atom. The van der Waals surface area contributed by atoms with E-state index in [0.717, 1.165) is 38.6 Å². The van der Waals surface area contributed by atoms with Crippen LogP contribution in [0.25, 0.3) is 0 Å². The molecular formula is C12H25BrO2. The summed E-state index contributed by atoms with van der Waals surface area (Å²) in [4.78, 5) is 0.653. The predicted molar refractivity (Wildman–Crippen MR) is 68.7 cm³/mol. The normalized spacial score (nSPS) is 13.4. The molecule has 1 unspecified atom stereocenters. The fraction of sp³-hybridized carbons (Fsp3) is 1.00. The fourth-order valence-electron chi connectivity index (χ4n) is 1.44. The van der Waals surface area contributed by atoms with E-state index in [9.17, 15) is 0 Å². The van der Waals surface area contributed by atoms with Crippen LogP contribution in [-0.2, 0) is 9.47 Å². The molecule has 0 aromatic rings. The van der Waals surface area contributed by atoms with Gasteiger partial charge in [-0.05, 0) is 31.6 Å². The van der Waals surface area contributed by atoms with E-state index >= 15 is 0 Å². The van der Waals surface area contributed by atoms with Crippen LogP contribution in [-0.4, -0.2) is 31.8 Å². The molecule has 92 valence electrons. The number of alkyl halides is 1. The molecule has 0 amide bonds. The summed E-state index contributed by atoms with van der Waals surface area (Å²) in [7, 11) is 1.72. The molecule has 0 aliphatic rings. The third-order valence-corrected chi connectivity index (χ3v) is 3.00. The van der Waals surface area contributed by atoms with Gasteiger partial charge in [-0.25, -0.2) is 0 Å². The first kappa shape index (κ1) is 15.4. The molecule has 1 atom stereocenters. The maximum Gasteiger partial charge on any atom is 0.0487 e. The van der Waals surface area contributed by atoms with Crippen LogP contribution in [0.4, 0.5) is 0 Å². The van der Waals surface area contributed by atoms with Crippen molar-refractivity contribution in [3.05, 3.63) is 0 Å². The average molecular weight is 281 g/mol. The van der Waals surface area contributed by atoms with E-state index < -0.39 is 0 Å². The van der Waals surface area contributed by atoms with E-state index in [0.29, 0.717) is 4.83 Å². The number of hydrogen-bond donors (Lipinski definition) is 0. The summed E-state index contributed by atoms with van der Waals surface area (Å²) in [5.41, 5.74) is 0. The second-order valence-electron chi connectivity index (χ2n) is 4.33. The smallest absolute Gasteiger partial charge is 0.0487 e. The minimum absolute atomic E-state index is 0.653. The lowest BCUT2D eigenvalue weighted by atomic mass is 10.1. The first-order chi connectivity index (χ1) is 7.16. The molecule has 0 aromatic heterocycles. The number of methoxy groups -OCH3 is 1. The summed E-state index contributed by atoms with van der Waals surface area (Å²) in [6, 6.07) is 0. The minimum atomic E-state index is 0.653. The average Bonchev–Trinajstić information content (AvgIpc) is 2.15. The second-order valence-corrected chi connectivity index (χ2v) is 5.62. The van der Waals surface area contributed by atoms with E-state index in [1.807, 2.05) is 0 Å². The van der Waals surface area contributed by atoms with Gasteiger partial charge in [0.05, 0.1) is 0 Å². The van der Waals surface area contributed by atoms with Gasteiger partial charge in [0.25, 0.3) is 0 Å².